The first-order chi connectivity index (χ1) is 12.8. The molecular weight excluding hydrogens is 348 g/mol. The van der Waals surface area contributed by atoms with Crippen LogP contribution in [0.4, 0.5) is 4.79 Å². The Labute approximate surface area is 160 Å². The first-order valence-electron chi connectivity index (χ1n) is 9.33. The van der Waals surface area contributed by atoms with Crippen molar-refractivity contribution in [1.82, 2.24) is 10.6 Å². The molecule has 2 unspecified atom stereocenters. The summed E-state index contributed by atoms with van der Waals surface area (Å²) < 4.78 is 5.16. The van der Waals surface area contributed by atoms with Crippen LogP contribution in [0.15, 0.2) is 30.3 Å². The average Bonchev–Trinajstić information content (AvgIpc) is 2.63. The summed E-state index contributed by atoms with van der Waals surface area (Å²) >= 11 is 0. The van der Waals surface area contributed by atoms with Crippen molar-refractivity contribution in [2.45, 2.75) is 65.1 Å². The van der Waals surface area contributed by atoms with Crippen molar-refractivity contribution in [3.63, 3.8) is 0 Å². The Hall–Kier alpha value is -2.57. The molecule has 1 aromatic rings. The molecule has 1 aromatic carbocycles. The number of carboxylic acids is 1. The van der Waals surface area contributed by atoms with Crippen molar-refractivity contribution >= 4 is 18.0 Å². The van der Waals surface area contributed by atoms with Crippen LogP contribution in [0.25, 0.3) is 0 Å². The lowest BCUT2D eigenvalue weighted by Gasteiger charge is -2.22. The second kappa shape index (κ2) is 11.9. The van der Waals surface area contributed by atoms with E-state index in [1.807, 2.05) is 51.1 Å². The fourth-order valence-electron chi connectivity index (χ4n) is 2.55. The Kier molecular flexibility index (Phi) is 9.93. The second-order valence-corrected chi connectivity index (χ2v) is 6.93. The fraction of sp³-hybridized carbons (Fsp3) is 0.550. The third-order valence-corrected chi connectivity index (χ3v) is 3.99. The van der Waals surface area contributed by atoms with Gasteiger partial charge in [0.1, 0.15) is 18.7 Å². The van der Waals surface area contributed by atoms with Gasteiger partial charge in [0.05, 0.1) is 0 Å². The summed E-state index contributed by atoms with van der Waals surface area (Å²) in [6, 6.07) is 7.40. The van der Waals surface area contributed by atoms with Crippen LogP contribution < -0.4 is 10.6 Å². The Morgan fingerprint density at radius 1 is 1.07 bits per heavy atom. The molecule has 27 heavy (non-hydrogen) atoms. The third-order valence-electron chi connectivity index (χ3n) is 3.99. The predicted molar refractivity (Wildman–Crippen MR) is 102 cm³/mol. The van der Waals surface area contributed by atoms with Crippen molar-refractivity contribution in [3.05, 3.63) is 35.9 Å². The minimum Gasteiger partial charge on any atom is -0.480 e. The molecule has 0 bridgehead atoms. The Morgan fingerprint density at radius 3 is 2.30 bits per heavy atom. The van der Waals surface area contributed by atoms with Gasteiger partial charge < -0.3 is 20.5 Å². The molecule has 0 fully saturated rings. The van der Waals surface area contributed by atoms with Crippen LogP contribution in [0.5, 0.6) is 0 Å². The van der Waals surface area contributed by atoms with Gasteiger partial charge in [0, 0.05) is 0 Å². The molecule has 0 heterocycles. The summed E-state index contributed by atoms with van der Waals surface area (Å²) in [6.07, 6.45) is 1.60. The lowest BCUT2D eigenvalue weighted by Crippen LogP contribution is -2.52. The normalized spacial score (nSPS) is 12.9. The number of unbranched alkanes of at least 4 members (excludes halogenated alkanes) is 1. The first-order valence-corrected chi connectivity index (χ1v) is 9.33. The Bertz CT molecular complexity index is 604. The number of hydrogen-bond acceptors (Lipinski definition) is 4. The van der Waals surface area contributed by atoms with Gasteiger partial charge in [0.15, 0.2) is 0 Å². The highest BCUT2D eigenvalue weighted by molar-refractivity contribution is 5.89. The Morgan fingerprint density at radius 2 is 1.74 bits per heavy atom. The van der Waals surface area contributed by atoms with E-state index in [2.05, 4.69) is 10.6 Å². The molecule has 0 saturated carbocycles. The smallest absolute Gasteiger partial charge is 0.408 e. The molecule has 2 amide bonds. The van der Waals surface area contributed by atoms with Gasteiger partial charge in [-0.25, -0.2) is 9.59 Å². The van der Waals surface area contributed by atoms with Gasteiger partial charge in [-0.2, -0.15) is 0 Å². The van der Waals surface area contributed by atoms with Crippen LogP contribution in [-0.2, 0) is 20.9 Å². The van der Waals surface area contributed by atoms with Gasteiger partial charge >= 0.3 is 12.1 Å². The van der Waals surface area contributed by atoms with E-state index in [-0.39, 0.29) is 12.5 Å². The van der Waals surface area contributed by atoms with Crippen LogP contribution in [0.3, 0.4) is 0 Å². The zero-order chi connectivity index (χ0) is 20.2. The number of ether oxygens (including phenoxy) is 1. The number of carbonyl (C=O) groups excluding carboxylic acids is 2. The number of carboxylic acid groups (broad SMARTS) is 1. The van der Waals surface area contributed by atoms with Gasteiger partial charge in [-0.05, 0) is 24.3 Å². The molecule has 0 spiro atoms. The molecule has 0 aliphatic carbocycles. The maximum Gasteiger partial charge on any atom is 0.408 e. The summed E-state index contributed by atoms with van der Waals surface area (Å²) in [5, 5.41) is 14.4. The highest BCUT2D eigenvalue weighted by atomic mass is 16.5. The number of amides is 2. The number of rotatable bonds is 11. The zero-order valence-electron chi connectivity index (χ0n) is 16.2. The lowest BCUT2D eigenvalue weighted by atomic mass is 10.0. The highest BCUT2D eigenvalue weighted by Gasteiger charge is 2.27. The minimum atomic E-state index is -1.09. The third kappa shape index (κ3) is 9.08. The molecule has 0 aliphatic heterocycles. The largest absolute Gasteiger partial charge is 0.480 e. The van der Waals surface area contributed by atoms with Crippen molar-refractivity contribution in [3.8, 4) is 0 Å². The Balaban J connectivity index is 2.65. The summed E-state index contributed by atoms with van der Waals surface area (Å²) in [5.74, 6) is -1.48. The number of aliphatic carboxylic acids is 1. The van der Waals surface area contributed by atoms with E-state index in [0.29, 0.717) is 12.8 Å². The SMILES string of the molecule is CCCCC(NC(=O)OCc1ccccc1)C(=O)NC(CC(C)C)C(=O)O. The van der Waals surface area contributed by atoms with Crippen LogP contribution in [0.2, 0.25) is 0 Å². The van der Waals surface area contributed by atoms with E-state index in [1.165, 1.54) is 0 Å². The molecule has 7 heteroatoms. The molecule has 0 aliphatic rings. The molecule has 0 radical (unpaired) electrons. The van der Waals surface area contributed by atoms with E-state index < -0.39 is 30.1 Å². The van der Waals surface area contributed by atoms with Crippen LogP contribution in [-0.4, -0.2) is 35.2 Å². The van der Waals surface area contributed by atoms with Gasteiger partial charge in [0.2, 0.25) is 5.91 Å². The van der Waals surface area contributed by atoms with Crippen molar-refractivity contribution in [1.29, 1.82) is 0 Å². The molecular formula is C20H30N2O5. The van der Waals surface area contributed by atoms with Gasteiger partial charge in [-0.3, -0.25) is 4.79 Å². The van der Waals surface area contributed by atoms with Crippen molar-refractivity contribution in [2.24, 2.45) is 5.92 Å². The molecule has 150 valence electrons. The minimum absolute atomic E-state index is 0.0971. The molecule has 7 nitrogen and oxygen atoms in total. The van der Waals surface area contributed by atoms with Gasteiger partial charge in [-0.15, -0.1) is 0 Å². The molecule has 2 atom stereocenters. The molecule has 3 N–H and O–H groups in total. The van der Waals surface area contributed by atoms with E-state index in [0.717, 1.165) is 18.4 Å². The van der Waals surface area contributed by atoms with E-state index in [9.17, 15) is 19.5 Å². The average molecular weight is 378 g/mol. The lowest BCUT2D eigenvalue weighted by molar-refractivity contribution is -0.142. The molecule has 1 rings (SSSR count). The van der Waals surface area contributed by atoms with E-state index >= 15 is 0 Å². The van der Waals surface area contributed by atoms with E-state index in [4.69, 9.17) is 4.74 Å². The highest BCUT2D eigenvalue weighted by Crippen LogP contribution is 2.08. The molecule has 0 aromatic heterocycles. The van der Waals surface area contributed by atoms with Gasteiger partial charge in [-0.1, -0.05) is 63.9 Å². The summed E-state index contributed by atoms with van der Waals surface area (Å²) in [6.45, 7) is 5.84. The van der Waals surface area contributed by atoms with Crippen molar-refractivity contribution in [2.75, 3.05) is 0 Å². The maximum absolute atomic E-state index is 12.5. The van der Waals surface area contributed by atoms with Crippen LogP contribution in [0.1, 0.15) is 52.0 Å². The number of hydrogen-bond donors (Lipinski definition) is 3. The molecule has 0 saturated heterocycles. The summed E-state index contributed by atoms with van der Waals surface area (Å²) in [5.41, 5.74) is 0.838. The predicted octanol–water partition coefficient (Wildman–Crippen LogP) is 3.09. The standard InChI is InChI=1S/C20H30N2O5/c1-4-5-11-16(18(23)21-17(19(24)25)12-14(2)3)22-20(26)27-13-15-9-7-6-8-10-15/h6-10,14,16-17H,4-5,11-13H2,1-3H3,(H,21,23)(H,22,26)(H,24,25). The van der Waals surface area contributed by atoms with Crippen LogP contribution >= 0.6 is 0 Å². The summed E-state index contributed by atoms with van der Waals surface area (Å²) in [7, 11) is 0. The van der Waals surface area contributed by atoms with Crippen LogP contribution in [0, 0.1) is 5.92 Å². The summed E-state index contributed by atoms with van der Waals surface area (Å²) in [4.78, 5) is 35.9. The number of benzene rings is 1. The first kappa shape index (κ1) is 22.5. The quantitative estimate of drug-likeness (QED) is 0.549. The van der Waals surface area contributed by atoms with E-state index in [1.54, 1.807) is 0 Å². The van der Waals surface area contributed by atoms with Crippen molar-refractivity contribution < 1.29 is 24.2 Å². The second-order valence-electron chi connectivity index (χ2n) is 6.93. The maximum atomic E-state index is 12.5. The number of carbonyl (C=O) groups is 3. The topological polar surface area (TPSA) is 105 Å². The number of alkyl carbamates (subject to hydrolysis) is 1. The monoisotopic (exact) mass is 378 g/mol. The zero-order valence-corrected chi connectivity index (χ0v) is 16.2. The number of nitrogens with one attached hydrogen (secondary N) is 2. The fourth-order valence-corrected chi connectivity index (χ4v) is 2.55. The van der Waals surface area contributed by atoms with Gasteiger partial charge in [0.25, 0.3) is 0 Å².